The van der Waals surface area contributed by atoms with Gasteiger partial charge in [0.25, 0.3) is 0 Å². The Balaban J connectivity index is 1.29. The number of fused-ring (bicyclic) bond motifs is 1. The molecule has 0 spiro atoms. The zero-order valence-electron chi connectivity index (χ0n) is 26.4. The number of benzene rings is 5. The zero-order valence-corrected chi connectivity index (χ0v) is 26.4. The Kier molecular flexibility index (Phi) is 10.0. The third-order valence-corrected chi connectivity index (χ3v) is 8.28. The molecule has 7 heteroatoms. The maximum atomic E-state index is 12.9. The highest BCUT2D eigenvalue weighted by Gasteiger charge is 2.19. The van der Waals surface area contributed by atoms with Crippen LogP contribution in [0.3, 0.4) is 0 Å². The van der Waals surface area contributed by atoms with Crippen LogP contribution >= 0.6 is 0 Å². The maximum absolute atomic E-state index is 12.9. The van der Waals surface area contributed by atoms with Crippen molar-refractivity contribution >= 4 is 16.7 Å². The first-order chi connectivity index (χ1) is 22.6. The van der Waals surface area contributed by atoms with Crippen LogP contribution in [0.1, 0.15) is 35.2 Å². The largest absolute Gasteiger partial charge is 0.497 e. The molecule has 46 heavy (non-hydrogen) atoms. The molecule has 1 aliphatic heterocycles. The Bertz CT molecular complexity index is 1760. The van der Waals surface area contributed by atoms with E-state index in [9.17, 15) is 4.79 Å². The summed E-state index contributed by atoms with van der Waals surface area (Å²) in [6.07, 6.45) is 3.86. The SMILES string of the molecule is COC(=O)c1cc(-c2ccc3cc(OC)ccc3c2Oc2ccc(OCCN3CCCCC3)cc2)ccc1OCc1ccccc1. The van der Waals surface area contributed by atoms with Crippen molar-refractivity contribution < 1.29 is 28.5 Å². The van der Waals surface area contributed by atoms with E-state index in [4.69, 9.17) is 23.7 Å². The summed E-state index contributed by atoms with van der Waals surface area (Å²) in [4.78, 5) is 15.4. The van der Waals surface area contributed by atoms with Crippen LogP contribution in [0.4, 0.5) is 0 Å². The van der Waals surface area contributed by atoms with Crippen molar-refractivity contribution in [2.75, 3.05) is 40.5 Å². The van der Waals surface area contributed by atoms with Crippen molar-refractivity contribution in [1.82, 2.24) is 4.90 Å². The summed E-state index contributed by atoms with van der Waals surface area (Å²) >= 11 is 0. The highest BCUT2D eigenvalue weighted by molar-refractivity contribution is 5.98. The summed E-state index contributed by atoms with van der Waals surface area (Å²) in [5.41, 5.74) is 2.95. The molecule has 0 N–H and O–H groups in total. The van der Waals surface area contributed by atoms with Crippen molar-refractivity contribution in [3.63, 3.8) is 0 Å². The topological polar surface area (TPSA) is 66.5 Å². The van der Waals surface area contributed by atoms with Gasteiger partial charge in [0.2, 0.25) is 0 Å². The van der Waals surface area contributed by atoms with E-state index in [2.05, 4.69) is 4.90 Å². The van der Waals surface area contributed by atoms with E-state index >= 15 is 0 Å². The van der Waals surface area contributed by atoms with Crippen molar-refractivity contribution in [3.05, 3.63) is 114 Å². The molecule has 0 aliphatic carbocycles. The number of likely N-dealkylation sites (tertiary alicyclic amines) is 1. The van der Waals surface area contributed by atoms with Gasteiger partial charge in [-0.25, -0.2) is 4.79 Å². The first-order valence-corrected chi connectivity index (χ1v) is 15.7. The van der Waals surface area contributed by atoms with Crippen LogP contribution < -0.4 is 18.9 Å². The Morgan fingerprint density at radius 2 is 1.50 bits per heavy atom. The quantitative estimate of drug-likeness (QED) is 0.130. The van der Waals surface area contributed by atoms with Crippen LogP contribution in [0.25, 0.3) is 21.9 Å². The van der Waals surface area contributed by atoms with E-state index in [1.54, 1.807) is 13.2 Å². The van der Waals surface area contributed by atoms with Gasteiger partial charge in [0.15, 0.2) is 0 Å². The lowest BCUT2D eigenvalue weighted by Gasteiger charge is -2.26. The van der Waals surface area contributed by atoms with Gasteiger partial charge in [-0.2, -0.15) is 0 Å². The second-order valence-electron chi connectivity index (χ2n) is 11.3. The average molecular weight is 618 g/mol. The van der Waals surface area contributed by atoms with Gasteiger partial charge in [0.05, 0.1) is 14.2 Å². The second-order valence-corrected chi connectivity index (χ2v) is 11.3. The lowest BCUT2D eigenvalue weighted by atomic mass is 9.97. The molecule has 5 aromatic rings. The van der Waals surface area contributed by atoms with Crippen LogP contribution in [-0.2, 0) is 11.3 Å². The molecule has 0 saturated carbocycles. The average Bonchev–Trinajstić information content (AvgIpc) is 3.12. The molecule has 1 fully saturated rings. The minimum atomic E-state index is -0.478. The minimum absolute atomic E-state index is 0.328. The van der Waals surface area contributed by atoms with Crippen LogP contribution in [0, 0.1) is 0 Å². The number of esters is 1. The highest BCUT2D eigenvalue weighted by Crippen LogP contribution is 2.42. The first kappa shape index (κ1) is 31.0. The molecule has 1 saturated heterocycles. The van der Waals surface area contributed by atoms with Crippen LogP contribution in [0.15, 0.2) is 103 Å². The first-order valence-electron chi connectivity index (χ1n) is 15.7. The molecule has 0 amide bonds. The van der Waals surface area contributed by atoms with Crippen LogP contribution in [0.2, 0.25) is 0 Å². The fraction of sp³-hybridized carbons (Fsp3) is 0.256. The number of carbonyl (C=O) groups excluding carboxylic acids is 1. The van der Waals surface area contributed by atoms with Gasteiger partial charge in [0.1, 0.15) is 47.5 Å². The van der Waals surface area contributed by atoms with Crippen molar-refractivity contribution in [2.45, 2.75) is 25.9 Å². The molecule has 1 heterocycles. The normalized spacial score (nSPS) is 13.3. The zero-order chi connectivity index (χ0) is 31.7. The number of methoxy groups -OCH3 is 2. The Hall–Kier alpha value is -5.01. The smallest absolute Gasteiger partial charge is 0.341 e. The van der Waals surface area contributed by atoms with Gasteiger partial charge >= 0.3 is 5.97 Å². The summed E-state index contributed by atoms with van der Waals surface area (Å²) in [7, 11) is 3.02. The molecule has 0 bridgehead atoms. The van der Waals surface area contributed by atoms with E-state index in [-0.39, 0.29) is 0 Å². The summed E-state index contributed by atoms with van der Waals surface area (Å²) in [6, 6.07) is 33.0. The summed E-state index contributed by atoms with van der Waals surface area (Å²) in [5, 5.41) is 1.87. The van der Waals surface area contributed by atoms with E-state index in [1.807, 2.05) is 97.1 Å². The number of nitrogens with zero attached hydrogens (tertiary/aromatic N) is 1. The molecule has 6 rings (SSSR count). The number of rotatable bonds is 12. The van der Waals surface area contributed by atoms with E-state index in [0.717, 1.165) is 58.6 Å². The molecular weight excluding hydrogens is 578 g/mol. The predicted molar refractivity (Wildman–Crippen MR) is 180 cm³/mol. The van der Waals surface area contributed by atoms with Gasteiger partial charge in [-0.3, -0.25) is 4.90 Å². The number of piperidine rings is 1. The Labute approximate surface area is 270 Å². The standard InChI is InChI=1S/C39H39NO6/c1-42-33-17-19-35-29(25-33)11-18-34(30-12-20-37(36(26-30)39(41)43-2)45-27-28-9-5-3-6-10-28)38(35)46-32-15-13-31(14-16-32)44-24-23-40-21-7-4-8-22-40/h3,5-6,9-20,25-26H,4,7-8,21-24,27H2,1-2H3. The van der Waals surface area contributed by atoms with E-state index in [0.29, 0.717) is 36.0 Å². The van der Waals surface area contributed by atoms with Crippen molar-refractivity contribution in [2.24, 2.45) is 0 Å². The van der Waals surface area contributed by atoms with Gasteiger partial charge in [-0.15, -0.1) is 0 Å². The molecule has 7 nitrogen and oxygen atoms in total. The second kappa shape index (κ2) is 14.8. The van der Waals surface area contributed by atoms with Crippen molar-refractivity contribution in [1.29, 1.82) is 0 Å². The van der Waals surface area contributed by atoms with Gasteiger partial charge in [-0.1, -0.05) is 48.9 Å². The fourth-order valence-corrected chi connectivity index (χ4v) is 5.77. The third-order valence-electron chi connectivity index (χ3n) is 8.28. The molecule has 236 valence electrons. The number of ether oxygens (including phenoxy) is 5. The van der Waals surface area contributed by atoms with Crippen LogP contribution in [-0.4, -0.2) is 51.3 Å². The number of hydrogen-bond acceptors (Lipinski definition) is 7. The monoisotopic (exact) mass is 617 g/mol. The summed E-state index contributed by atoms with van der Waals surface area (Å²) < 4.78 is 29.3. The number of carbonyl (C=O) groups is 1. The molecule has 5 aromatic carbocycles. The fourth-order valence-electron chi connectivity index (χ4n) is 5.77. The minimum Gasteiger partial charge on any atom is -0.497 e. The predicted octanol–water partition coefficient (Wildman–Crippen LogP) is 8.54. The lowest BCUT2D eigenvalue weighted by molar-refractivity contribution is 0.0595. The highest BCUT2D eigenvalue weighted by atomic mass is 16.5. The summed E-state index contributed by atoms with van der Waals surface area (Å²) in [6.45, 7) is 4.22. The Morgan fingerprint density at radius 3 is 2.26 bits per heavy atom. The lowest BCUT2D eigenvalue weighted by Crippen LogP contribution is -2.33. The summed E-state index contributed by atoms with van der Waals surface area (Å²) in [5.74, 6) is 2.86. The molecule has 1 aliphatic rings. The van der Waals surface area contributed by atoms with Crippen molar-refractivity contribution in [3.8, 4) is 39.9 Å². The number of hydrogen-bond donors (Lipinski definition) is 0. The van der Waals surface area contributed by atoms with E-state index in [1.165, 1.54) is 26.4 Å². The third kappa shape index (κ3) is 7.44. The Morgan fingerprint density at radius 1 is 0.739 bits per heavy atom. The van der Waals surface area contributed by atoms with Gasteiger partial charge < -0.3 is 23.7 Å². The maximum Gasteiger partial charge on any atom is 0.341 e. The van der Waals surface area contributed by atoms with Crippen LogP contribution in [0.5, 0.6) is 28.7 Å². The molecule has 0 unspecified atom stereocenters. The molecular formula is C39H39NO6. The van der Waals surface area contributed by atoms with E-state index < -0.39 is 5.97 Å². The van der Waals surface area contributed by atoms with Gasteiger partial charge in [0, 0.05) is 17.5 Å². The molecule has 0 radical (unpaired) electrons. The molecule has 0 aromatic heterocycles. The van der Waals surface area contributed by atoms with Gasteiger partial charge in [-0.05, 0) is 103 Å². The molecule has 0 atom stereocenters.